The van der Waals surface area contributed by atoms with Crippen molar-refractivity contribution in [1.82, 2.24) is 5.32 Å². The molecule has 1 amide bonds. The van der Waals surface area contributed by atoms with E-state index in [2.05, 4.69) is 5.32 Å². The molecule has 0 atom stereocenters. The summed E-state index contributed by atoms with van der Waals surface area (Å²) in [4.78, 5) is 12.4. The minimum Gasteiger partial charge on any atom is -0.351 e. The Kier molecular flexibility index (Phi) is 3.68. The molecule has 0 bridgehead atoms. The summed E-state index contributed by atoms with van der Waals surface area (Å²) < 4.78 is 13.1. The van der Waals surface area contributed by atoms with Crippen LogP contribution in [-0.4, -0.2) is 5.91 Å². The van der Waals surface area contributed by atoms with Crippen LogP contribution in [0.1, 0.15) is 24.0 Å². The first-order valence-electron chi connectivity index (χ1n) is 6.89. The molecule has 0 aromatic heterocycles. The molecule has 0 radical (unpaired) electrons. The van der Waals surface area contributed by atoms with E-state index < -0.39 is 5.41 Å². The van der Waals surface area contributed by atoms with Gasteiger partial charge in [0.05, 0.1) is 5.41 Å². The second kappa shape index (κ2) is 5.49. The molecule has 2 aromatic carbocycles. The van der Waals surface area contributed by atoms with Crippen LogP contribution in [0.2, 0.25) is 5.02 Å². The van der Waals surface area contributed by atoms with Gasteiger partial charge in [-0.3, -0.25) is 4.79 Å². The maximum atomic E-state index is 13.1. The van der Waals surface area contributed by atoms with Crippen LogP contribution in [0.4, 0.5) is 4.39 Å². The number of halogens is 2. The van der Waals surface area contributed by atoms with Crippen LogP contribution in [0.5, 0.6) is 0 Å². The zero-order valence-electron chi connectivity index (χ0n) is 11.4. The molecule has 0 aliphatic heterocycles. The average Bonchev–Trinajstić information content (AvgIpc) is 3.27. The molecule has 1 fully saturated rings. The minimum absolute atomic E-state index is 0.00548. The van der Waals surface area contributed by atoms with E-state index in [-0.39, 0.29) is 11.7 Å². The zero-order chi connectivity index (χ0) is 14.9. The molecule has 1 aliphatic carbocycles. The average molecular weight is 304 g/mol. The molecule has 3 rings (SSSR count). The van der Waals surface area contributed by atoms with Gasteiger partial charge in [0, 0.05) is 11.6 Å². The largest absolute Gasteiger partial charge is 0.351 e. The number of hydrogen-bond donors (Lipinski definition) is 1. The maximum absolute atomic E-state index is 13.1. The third-order valence-electron chi connectivity index (χ3n) is 3.92. The Bertz CT molecular complexity index is 665. The molecule has 1 N–H and O–H groups in total. The molecule has 0 unspecified atom stereocenters. The summed E-state index contributed by atoms with van der Waals surface area (Å²) in [5.41, 5.74) is 1.32. The van der Waals surface area contributed by atoms with Gasteiger partial charge in [-0.25, -0.2) is 4.39 Å². The number of amides is 1. The van der Waals surface area contributed by atoms with E-state index in [0.29, 0.717) is 11.6 Å². The minimum atomic E-state index is -0.433. The summed E-state index contributed by atoms with van der Waals surface area (Å²) in [7, 11) is 0. The van der Waals surface area contributed by atoms with Crippen molar-refractivity contribution in [1.29, 1.82) is 0 Å². The fourth-order valence-electron chi connectivity index (χ4n) is 2.54. The van der Waals surface area contributed by atoms with Crippen LogP contribution in [0.3, 0.4) is 0 Å². The molecule has 0 saturated heterocycles. The summed E-state index contributed by atoms with van der Waals surface area (Å²) in [5, 5.41) is 3.57. The van der Waals surface area contributed by atoms with Crippen molar-refractivity contribution in [2.45, 2.75) is 24.8 Å². The third kappa shape index (κ3) is 2.93. The Balaban J connectivity index is 1.69. The molecule has 4 heteroatoms. The third-order valence-corrected chi connectivity index (χ3v) is 4.18. The van der Waals surface area contributed by atoms with Gasteiger partial charge in [0.15, 0.2) is 0 Å². The Hall–Kier alpha value is -1.87. The Morgan fingerprint density at radius 2 is 1.90 bits per heavy atom. The van der Waals surface area contributed by atoms with Crippen molar-refractivity contribution in [3.63, 3.8) is 0 Å². The number of benzene rings is 2. The SMILES string of the molecule is O=C(NCc1cccc(F)c1)C1(c2ccc(Cl)cc2)CC1. The summed E-state index contributed by atoms with van der Waals surface area (Å²) >= 11 is 5.88. The topological polar surface area (TPSA) is 29.1 Å². The highest BCUT2D eigenvalue weighted by Gasteiger charge is 2.50. The van der Waals surface area contributed by atoms with Crippen LogP contribution in [-0.2, 0) is 16.8 Å². The number of hydrogen-bond acceptors (Lipinski definition) is 1. The van der Waals surface area contributed by atoms with Crippen molar-refractivity contribution in [3.05, 3.63) is 70.5 Å². The van der Waals surface area contributed by atoms with E-state index in [1.807, 2.05) is 12.1 Å². The lowest BCUT2D eigenvalue weighted by Gasteiger charge is -2.16. The van der Waals surface area contributed by atoms with E-state index in [1.165, 1.54) is 12.1 Å². The Morgan fingerprint density at radius 3 is 2.52 bits per heavy atom. The molecule has 1 aliphatic rings. The molecule has 2 aromatic rings. The fourth-order valence-corrected chi connectivity index (χ4v) is 2.67. The van der Waals surface area contributed by atoms with Crippen LogP contribution < -0.4 is 5.32 Å². The monoisotopic (exact) mass is 303 g/mol. The predicted molar refractivity (Wildman–Crippen MR) is 80.6 cm³/mol. The molecular weight excluding hydrogens is 289 g/mol. The van der Waals surface area contributed by atoms with Gasteiger partial charge >= 0.3 is 0 Å². The molecule has 21 heavy (non-hydrogen) atoms. The van der Waals surface area contributed by atoms with Crippen molar-refractivity contribution in [2.24, 2.45) is 0 Å². The van der Waals surface area contributed by atoms with E-state index in [1.54, 1.807) is 24.3 Å². The highest BCUT2D eigenvalue weighted by Crippen LogP contribution is 2.48. The number of rotatable bonds is 4. The summed E-state index contributed by atoms with van der Waals surface area (Å²) in [6.07, 6.45) is 1.67. The first kappa shape index (κ1) is 14.1. The van der Waals surface area contributed by atoms with Gasteiger partial charge in [0.2, 0.25) is 5.91 Å². The lowest BCUT2D eigenvalue weighted by Crippen LogP contribution is -2.34. The lowest BCUT2D eigenvalue weighted by atomic mass is 9.95. The standard InChI is InChI=1S/C17H15ClFNO/c18-14-6-4-13(5-7-14)17(8-9-17)16(21)20-11-12-2-1-3-15(19)10-12/h1-7,10H,8-9,11H2,(H,20,21). The van der Waals surface area contributed by atoms with Gasteiger partial charge in [0.1, 0.15) is 5.82 Å². The van der Waals surface area contributed by atoms with Crippen LogP contribution in [0.15, 0.2) is 48.5 Å². The molecule has 0 spiro atoms. The highest BCUT2D eigenvalue weighted by molar-refractivity contribution is 6.30. The van der Waals surface area contributed by atoms with E-state index in [4.69, 9.17) is 11.6 Å². The van der Waals surface area contributed by atoms with Gasteiger partial charge in [-0.05, 0) is 48.2 Å². The van der Waals surface area contributed by atoms with E-state index in [9.17, 15) is 9.18 Å². The smallest absolute Gasteiger partial charge is 0.230 e. The number of nitrogens with one attached hydrogen (secondary N) is 1. The second-order valence-electron chi connectivity index (χ2n) is 5.40. The Morgan fingerprint density at radius 1 is 1.19 bits per heavy atom. The quantitative estimate of drug-likeness (QED) is 0.914. The molecular formula is C17H15ClFNO. The van der Waals surface area contributed by atoms with Gasteiger partial charge in [-0.1, -0.05) is 35.9 Å². The van der Waals surface area contributed by atoms with Crippen molar-refractivity contribution in [2.75, 3.05) is 0 Å². The zero-order valence-corrected chi connectivity index (χ0v) is 12.2. The molecule has 1 saturated carbocycles. The van der Waals surface area contributed by atoms with Crippen molar-refractivity contribution < 1.29 is 9.18 Å². The van der Waals surface area contributed by atoms with Crippen LogP contribution in [0, 0.1) is 5.82 Å². The predicted octanol–water partition coefficient (Wildman–Crippen LogP) is 3.83. The second-order valence-corrected chi connectivity index (χ2v) is 5.84. The van der Waals surface area contributed by atoms with Crippen molar-refractivity contribution >= 4 is 17.5 Å². The van der Waals surface area contributed by atoms with Gasteiger partial charge in [-0.2, -0.15) is 0 Å². The first-order valence-corrected chi connectivity index (χ1v) is 7.27. The van der Waals surface area contributed by atoms with Gasteiger partial charge in [0.25, 0.3) is 0 Å². The van der Waals surface area contributed by atoms with E-state index in [0.717, 1.165) is 24.0 Å². The Labute approximate surface area is 127 Å². The summed E-state index contributed by atoms with van der Waals surface area (Å²) in [5.74, 6) is -0.297. The first-order chi connectivity index (χ1) is 10.1. The van der Waals surface area contributed by atoms with Crippen molar-refractivity contribution in [3.8, 4) is 0 Å². The highest BCUT2D eigenvalue weighted by atomic mass is 35.5. The van der Waals surface area contributed by atoms with Gasteiger partial charge < -0.3 is 5.32 Å². The number of carbonyl (C=O) groups excluding carboxylic acids is 1. The van der Waals surface area contributed by atoms with E-state index >= 15 is 0 Å². The van der Waals surface area contributed by atoms with Gasteiger partial charge in [-0.15, -0.1) is 0 Å². The summed E-state index contributed by atoms with van der Waals surface area (Å²) in [6, 6.07) is 13.7. The fraction of sp³-hybridized carbons (Fsp3) is 0.235. The van der Waals surface area contributed by atoms with Crippen LogP contribution in [0.25, 0.3) is 0 Å². The number of carbonyl (C=O) groups is 1. The maximum Gasteiger partial charge on any atom is 0.230 e. The normalized spacial score (nSPS) is 15.5. The molecule has 108 valence electrons. The lowest BCUT2D eigenvalue weighted by molar-refractivity contribution is -0.123. The molecule has 2 nitrogen and oxygen atoms in total. The summed E-state index contributed by atoms with van der Waals surface area (Å²) in [6.45, 7) is 0.339. The van der Waals surface area contributed by atoms with Crippen LogP contribution >= 0.6 is 11.6 Å². The molecule has 0 heterocycles.